The molecule has 0 amide bonds. The third kappa shape index (κ3) is 2.03. The van der Waals surface area contributed by atoms with E-state index in [4.69, 9.17) is 5.73 Å². The Bertz CT molecular complexity index is 285. The Kier molecular flexibility index (Phi) is 2.33. The van der Waals surface area contributed by atoms with Crippen LogP contribution in [-0.2, 0) is 10.0 Å². The van der Waals surface area contributed by atoms with Gasteiger partial charge in [-0.15, -0.1) is 0 Å². The Morgan fingerprint density at radius 1 is 1.46 bits per heavy atom. The number of hydrogen-bond acceptors (Lipinski definition) is 3. The molecule has 1 aliphatic carbocycles. The molecule has 2 rings (SSSR count). The Balaban J connectivity index is 1.93. The summed E-state index contributed by atoms with van der Waals surface area (Å²) in [5.41, 5.74) is 5.87. The summed E-state index contributed by atoms with van der Waals surface area (Å²) in [5.74, 6) is 0.889. The topological polar surface area (TPSA) is 63.4 Å². The van der Waals surface area contributed by atoms with Gasteiger partial charge < -0.3 is 5.73 Å². The highest BCUT2D eigenvalue weighted by atomic mass is 32.2. The molecule has 0 aromatic heterocycles. The fourth-order valence-electron chi connectivity index (χ4n) is 1.80. The van der Waals surface area contributed by atoms with Gasteiger partial charge in [0, 0.05) is 19.1 Å². The normalized spacial score (nSPS) is 30.5. The van der Waals surface area contributed by atoms with E-state index in [-0.39, 0.29) is 6.04 Å². The van der Waals surface area contributed by atoms with Gasteiger partial charge in [-0.2, -0.15) is 0 Å². The highest BCUT2D eigenvalue weighted by molar-refractivity contribution is 7.89. The minimum absolute atomic E-state index is 0.0628. The molecule has 0 aromatic rings. The van der Waals surface area contributed by atoms with E-state index in [0.29, 0.717) is 24.8 Å². The predicted molar refractivity (Wildman–Crippen MR) is 50.7 cm³/mol. The smallest absolute Gasteiger partial charge is 0.214 e. The quantitative estimate of drug-likeness (QED) is 0.690. The molecule has 76 valence electrons. The van der Waals surface area contributed by atoms with Gasteiger partial charge in [-0.05, 0) is 25.2 Å². The van der Waals surface area contributed by atoms with E-state index >= 15 is 0 Å². The number of sulfonamides is 1. The van der Waals surface area contributed by atoms with Crippen molar-refractivity contribution in [2.24, 2.45) is 11.7 Å². The Labute approximate surface area is 79.1 Å². The first-order chi connectivity index (χ1) is 6.09. The largest absolute Gasteiger partial charge is 0.326 e. The first-order valence-electron chi connectivity index (χ1n) is 4.83. The van der Waals surface area contributed by atoms with Gasteiger partial charge in [-0.3, -0.25) is 0 Å². The van der Waals surface area contributed by atoms with Gasteiger partial charge in [0.05, 0.1) is 5.75 Å². The van der Waals surface area contributed by atoms with Crippen molar-refractivity contribution < 1.29 is 8.42 Å². The summed E-state index contributed by atoms with van der Waals surface area (Å²) in [7, 11) is -2.93. The van der Waals surface area contributed by atoms with Gasteiger partial charge in [0.2, 0.25) is 10.0 Å². The Morgan fingerprint density at radius 2 is 2.15 bits per heavy atom. The molecule has 1 atom stereocenters. The van der Waals surface area contributed by atoms with Crippen molar-refractivity contribution in [3.05, 3.63) is 0 Å². The van der Waals surface area contributed by atoms with Crippen molar-refractivity contribution in [3.63, 3.8) is 0 Å². The first-order valence-corrected chi connectivity index (χ1v) is 6.44. The van der Waals surface area contributed by atoms with E-state index in [9.17, 15) is 8.42 Å². The Morgan fingerprint density at radius 3 is 2.62 bits per heavy atom. The van der Waals surface area contributed by atoms with Gasteiger partial charge in [-0.1, -0.05) is 0 Å². The lowest BCUT2D eigenvalue weighted by Crippen LogP contribution is -2.39. The molecular weight excluding hydrogens is 188 g/mol. The molecule has 1 saturated heterocycles. The van der Waals surface area contributed by atoms with E-state index in [1.54, 1.807) is 4.31 Å². The maximum atomic E-state index is 11.4. The lowest BCUT2D eigenvalue weighted by atomic mass is 10.2. The fraction of sp³-hybridized carbons (Fsp3) is 1.00. The molecule has 13 heavy (non-hydrogen) atoms. The van der Waals surface area contributed by atoms with Crippen LogP contribution in [0.15, 0.2) is 0 Å². The van der Waals surface area contributed by atoms with E-state index in [2.05, 4.69) is 0 Å². The van der Waals surface area contributed by atoms with Crippen LogP contribution in [-0.4, -0.2) is 37.6 Å². The molecule has 4 nitrogen and oxygen atoms in total. The van der Waals surface area contributed by atoms with Gasteiger partial charge in [0.25, 0.3) is 0 Å². The molecule has 1 saturated carbocycles. The average molecular weight is 204 g/mol. The lowest BCUT2D eigenvalue weighted by molar-refractivity contribution is 0.391. The maximum Gasteiger partial charge on any atom is 0.214 e. The lowest BCUT2D eigenvalue weighted by Gasteiger charge is -2.18. The predicted octanol–water partition coefficient (Wildman–Crippen LogP) is -0.241. The minimum atomic E-state index is -2.93. The molecule has 2 N–H and O–H groups in total. The van der Waals surface area contributed by atoms with E-state index in [0.717, 1.165) is 6.42 Å². The summed E-state index contributed by atoms with van der Waals surface area (Å²) < 4.78 is 24.4. The second-order valence-corrected chi connectivity index (χ2v) is 6.12. The molecule has 0 bridgehead atoms. The number of hydrogen-bond donors (Lipinski definition) is 1. The van der Waals surface area contributed by atoms with Gasteiger partial charge in [0.1, 0.15) is 0 Å². The zero-order valence-electron chi connectivity index (χ0n) is 7.65. The van der Waals surface area contributed by atoms with Crippen LogP contribution in [0, 0.1) is 5.92 Å². The van der Waals surface area contributed by atoms with Crippen LogP contribution < -0.4 is 5.73 Å². The fourth-order valence-corrected chi connectivity index (χ4v) is 3.36. The second-order valence-electron chi connectivity index (χ2n) is 4.03. The number of nitrogens with zero attached hydrogens (tertiary/aromatic N) is 1. The molecule has 0 spiro atoms. The first kappa shape index (κ1) is 9.43. The highest BCUT2D eigenvalue weighted by Crippen LogP contribution is 2.32. The molecule has 5 heteroatoms. The maximum absolute atomic E-state index is 11.4. The second kappa shape index (κ2) is 3.22. The van der Waals surface area contributed by atoms with Crippen molar-refractivity contribution in [1.82, 2.24) is 4.31 Å². The zero-order valence-corrected chi connectivity index (χ0v) is 8.46. The highest BCUT2D eigenvalue weighted by Gasteiger charge is 2.34. The molecule has 0 aromatic carbocycles. The van der Waals surface area contributed by atoms with Gasteiger partial charge in [-0.25, -0.2) is 12.7 Å². The molecule has 1 heterocycles. The van der Waals surface area contributed by atoms with E-state index in [1.807, 2.05) is 0 Å². The van der Waals surface area contributed by atoms with Crippen LogP contribution in [0.3, 0.4) is 0 Å². The SMILES string of the molecule is NC(CN1CCCS1(=O)=O)C1CC1. The van der Waals surface area contributed by atoms with Crippen molar-refractivity contribution in [2.45, 2.75) is 25.3 Å². The zero-order chi connectivity index (χ0) is 9.47. The summed E-state index contributed by atoms with van der Waals surface area (Å²) in [4.78, 5) is 0. The van der Waals surface area contributed by atoms with Crippen molar-refractivity contribution in [3.8, 4) is 0 Å². The molecule has 0 radical (unpaired) electrons. The van der Waals surface area contributed by atoms with Gasteiger partial charge >= 0.3 is 0 Å². The molecule has 1 unspecified atom stereocenters. The summed E-state index contributed by atoms with van der Waals surface area (Å²) in [6, 6.07) is 0.0628. The standard InChI is InChI=1S/C8H16N2O2S/c9-8(7-2-3-7)6-10-4-1-5-13(10,11)12/h7-8H,1-6,9H2. The average Bonchev–Trinajstić information content (AvgIpc) is 2.80. The number of nitrogens with two attached hydrogens (primary N) is 1. The van der Waals surface area contributed by atoms with Crippen LogP contribution in [0.4, 0.5) is 0 Å². The molecule has 2 aliphatic rings. The van der Waals surface area contributed by atoms with Crippen LogP contribution in [0.2, 0.25) is 0 Å². The van der Waals surface area contributed by atoms with E-state index in [1.165, 1.54) is 12.8 Å². The summed E-state index contributed by atoms with van der Waals surface area (Å²) in [6.45, 7) is 1.20. The van der Waals surface area contributed by atoms with Crippen LogP contribution in [0.5, 0.6) is 0 Å². The third-order valence-corrected chi connectivity index (χ3v) is 4.77. The molecule has 2 fully saturated rings. The monoisotopic (exact) mass is 204 g/mol. The van der Waals surface area contributed by atoms with Crippen LogP contribution in [0.25, 0.3) is 0 Å². The van der Waals surface area contributed by atoms with E-state index < -0.39 is 10.0 Å². The number of rotatable bonds is 3. The summed E-state index contributed by atoms with van der Waals surface area (Å²) in [6.07, 6.45) is 3.11. The molecular formula is C8H16N2O2S. The molecule has 1 aliphatic heterocycles. The Hall–Kier alpha value is -0.130. The van der Waals surface area contributed by atoms with Crippen molar-refractivity contribution in [2.75, 3.05) is 18.8 Å². The van der Waals surface area contributed by atoms with Gasteiger partial charge in [0.15, 0.2) is 0 Å². The summed E-state index contributed by atoms with van der Waals surface area (Å²) >= 11 is 0. The van der Waals surface area contributed by atoms with Crippen LogP contribution in [0.1, 0.15) is 19.3 Å². The van der Waals surface area contributed by atoms with Crippen molar-refractivity contribution >= 4 is 10.0 Å². The van der Waals surface area contributed by atoms with Crippen molar-refractivity contribution in [1.29, 1.82) is 0 Å². The minimum Gasteiger partial charge on any atom is -0.326 e. The van der Waals surface area contributed by atoms with Crippen LogP contribution >= 0.6 is 0 Å². The third-order valence-electron chi connectivity index (χ3n) is 2.85. The summed E-state index contributed by atoms with van der Waals surface area (Å²) in [5, 5.41) is 0.